The second-order valence-electron chi connectivity index (χ2n) is 6.22. The normalized spacial score (nSPS) is 22.0. The zero-order valence-corrected chi connectivity index (χ0v) is 13.7. The standard InChI is InChI=1S/C18H15FN4O2/c1-10-3-8-14(11(2)9-10)23-16-15(20-21-23)17(24)22(18(16)25)13-6-4-12(19)5-7-13/h3-9,15-16H,1-2H3/t15-,16+/m1/s1. The maximum atomic E-state index is 13.1. The molecule has 2 heterocycles. The van der Waals surface area contributed by atoms with Gasteiger partial charge >= 0.3 is 0 Å². The fourth-order valence-electron chi connectivity index (χ4n) is 3.27. The van der Waals surface area contributed by atoms with Crippen molar-refractivity contribution in [2.24, 2.45) is 10.3 Å². The minimum absolute atomic E-state index is 0.335. The third-order valence-corrected chi connectivity index (χ3v) is 4.47. The van der Waals surface area contributed by atoms with E-state index >= 15 is 0 Å². The van der Waals surface area contributed by atoms with Gasteiger partial charge in [0.15, 0.2) is 12.1 Å². The Bertz CT molecular complexity index is 910. The van der Waals surface area contributed by atoms with Crippen molar-refractivity contribution >= 4 is 23.2 Å². The number of imide groups is 1. The van der Waals surface area contributed by atoms with Crippen LogP contribution in [0.15, 0.2) is 52.8 Å². The summed E-state index contributed by atoms with van der Waals surface area (Å²) in [4.78, 5) is 26.6. The lowest BCUT2D eigenvalue weighted by Gasteiger charge is -2.22. The van der Waals surface area contributed by atoms with Gasteiger partial charge in [-0.25, -0.2) is 14.3 Å². The van der Waals surface area contributed by atoms with Crippen LogP contribution in [-0.2, 0) is 9.59 Å². The Kier molecular flexibility index (Phi) is 3.38. The van der Waals surface area contributed by atoms with Crippen molar-refractivity contribution in [3.63, 3.8) is 0 Å². The van der Waals surface area contributed by atoms with Gasteiger partial charge in [-0.2, -0.15) is 5.11 Å². The van der Waals surface area contributed by atoms with Crippen molar-refractivity contribution in [3.05, 3.63) is 59.4 Å². The number of nitrogens with zero attached hydrogens (tertiary/aromatic N) is 4. The first-order chi connectivity index (χ1) is 12.0. The van der Waals surface area contributed by atoms with E-state index in [1.165, 1.54) is 29.3 Å². The summed E-state index contributed by atoms with van der Waals surface area (Å²) >= 11 is 0. The van der Waals surface area contributed by atoms with Crippen molar-refractivity contribution < 1.29 is 14.0 Å². The molecule has 0 radical (unpaired) electrons. The first kappa shape index (κ1) is 15.4. The summed E-state index contributed by atoms with van der Waals surface area (Å²) in [6, 6.07) is 9.33. The zero-order chi connectivity index (χ0) is 17.7. The van der Waals surface area contributed by atoms with Gasteiger partial charge in [0.05, 0.1) is 11.4 Å². The Morgan fingerprint density at radius 2 is 1.72 bits per heavy atom. The number of benzene rings is 2. The molecule has 0 aliphatic carbocycles. The predicted molar refractivity (Wildman–Crippen MR) is 89.7 cm³/mol. The summed E-state index contributed by atoms with van der Waals surface area (Å²) < 4.78 is 13.1. The summed E-state index contributed by atoms with van der Waals surface area (Å²) in [6.45, 7) is 3.90. The molecule has 2 amide bonds. The van der Waals surface area contributed by atoms with Crippen LogP contribution in [0, 0.1) is 19.7 Å². The van der Waals surface area contributed by atoms with Crippen LogP contribution in [0.4, 0.5) is 15.8 Å². The van der Waals surface area contributed by atoms with E-state index < -0.39 is 29.7 Å². The Labute approximate surface area is 143 Å². The molecule has 2 aromatic rings. The van der Waals surface area contributed by atoms with Gasteiger partial charge in [-0.3, -0.25) is 9.59 Å². The lowest BCUT2D eigenvalue weighted by atomic mass is 10.1. The molecular weight excluding hydrogens is 323 g/mol. The van der Waals surface area contributed by atoms with Crippen molar-refractivity contribution in [2.45, 2.75) is 25.9 Å². The van der Waals surface area contributed by atoms with Crippen LogP contribution < -0.4 is 9.91 Å². The molecule has 0 aromatic heterocycles. The molecule has 0 N–H and O–H groups in total. The van der Waals surface area contributed by atoms with Crippen LogP contribution in [0.3, 0.4) is 0 Å². The molecule has 0 bridgehead atoms. The number of hydrogen-bond acceptors (Lipinski definition) is 5. The van der Waals surface area contributed by atoms with E-state index in [9.17, 15) is 14.0 Å². The highest BCUT2D eigenvalue weighted by Gasteiger charge is 2.55. The molecule has 126 valence electrons. The molecule has 1 fully saturated rings. The average molecular weight is 338 g/mol. The molecule has 2 aliphatic heterocycles. The van der Waals surface area contributed by atoms with Crippen LogP contribution in [0.1, 0.15) is 11.1 Å². The van der Waals surface area contributed by atoms with Gasteiger partial charge in [0, 0.05) is 0 Å². The van der Waals surface area contributed by atoms with Crippen LogP contribution in [0.2, 0.25) is 0 Å². The number of amides is 2. The third kappa shape index (κ3) is 2.31. The summed E-state index contributed by atoms with van der Waals surface area (Å²) in [5.74, 6) is -1.29. The predicted octanol–water partition coefficient (Wildman–Crippen LogP) is 2.94. The topological polar surface area (TPSA) is 65.3 Å². The fraction of sp³-hybridized carbons (Fsp3) is 0.222. The van der Waals surface area contributed by atoms with Gasteiger partial charge in [-0.1, -0.05) is 22.9 Å². The molecule has 0 spiro atoms. The second kappa shape index (κ2) is 5.47. The van der Waals surface area contributed by atoms with Crippen LogP contribution in [-0.4, -0.2) is 23.9 Å². The number of fused-ring (bicyclic) bond motifs is 1. The summed E-state index contributed by atoms with van der Waals surface area (Å²) in [5.41, 5.74) is 3.11. The first-order valence-corrected chi connectivity index (χ1v) is 7.88. The van der Waals surface area contributed by atoms with Crippen molar-refractivity contribution in [2.75, 3.05) is 9.91 Å². The summed E-state index contributed by atoms with van der Waals surface area (Å²) in [7, 11) is 0. The van der Waals surface area contributed by atoms with Gasteiger partial charge in [-0.15, -0.1) is 0 Å². The maximum Gasteiger partial charge on any atom is 0.263 e. The average Bonchev–Trinajstić information content (AvgIpc) is 3.10. The van der Waals surface area contributed by atoms with E-state index in [0.717, 1.165) is 21.7 Å². The third-order valence-electron chi connectivity index (χ3n) is 4.47. The maximum absolute atomic E-state index is 13.1. The second-order valence-corrected chi connectivity index (χ2v) is 6.22. The molecule has 0 saturated carbocycles. The fourth-order valence-corrected chi connectivity index (χ4v) is 3.27. The number of aryl methyl sites for hydroxylation is 2. The number of carbonyl (C=O) groups is 2. The Balaban J connectivity index is 1.71. The van der Waals surface area contributed by atoms with E-state index in [-0.39, 0.29) is 0 Å². The van der Waals surface area contributed by atoms with E-state index in [2.05, 4.69) is 10.3 Å². The first-order valence-electron chi connectivity index (χ1n) is 7.88. The van der Waals surface area contributed by atoms with E-state index in [4.69, 9.17) is 0 Å². The Morgan fingerprint density at radius 1 is 1.00 bits per heavy atom. The number of rotatable bonds is 2. The number of anilines is 2. The van der Waals surface area contributed by atoms with Crippen LogP contribution >= 0.6 is 0 Å². The number of carbonyl (C=O) groups excluding carboxylic acids is 2. The minimum atomic E-state index is -0.877. The van der Waals surface area contributed by atoms with Crippen molar-refractivity contribution in [3.8, 4) is 0 Å². The number of hydrogen-bond donors (Lipinski definition) is 0. The van der Waals surface area contributed by atoms with Crippen molar-refractivity contribution in [1.82, 2.24) is 0 Å². The molecule has 2 aliphatic rings. The van der Waals surface area contributed by atoms with Gasteiger partial charge < -0.3 is 0 Å². The number of halogens is 1. The van der Waals surface area contributed by atoms with E-state index in [0.29, 0.717) is 5.69 Å². The quantitative estimate of drug-likeness (QED) is 0.791. The lowest BCUT2D eigenvalue weighted by molar-refractivity contribution is -0.121. The highest BCUT2D eigenvalue weighted by molar-refractivity contribution is 6.26. The van der Waals surface area contributed by atoms with Crippen LogP contribution in [0.5, 0.6) is 0 Å². The van der Waals surface area contributed by atoms with Gasteiger partial charge in [0.1, 0.15) is 5.82 Å². The molecule has 2 aromatic carbocycles. The molecule has 2 atom stereocenters. The Hall–Kier alpha value is -3.09. The molecule has 1 saturated heterocycles. The SMILES string of the molecule is Cc1ccc(N2N=N[C@H]3C(=O)N(c4ccc(F)cc4)C(=O)[C@H]32)c(C)c1. The molecule has 7 heteroatoms. The molecule has 25 heavy (non-hydrogen) atoms. The van der Waals surface area contributed by atoms with Gasteiger partial charge in [0.25, 0.3) is 11.8 Å². The highest BCUT2D eigenvalue weighted by Crippen LogP contribution is 2.36. The van der Waals surface area contributed by atoms with Gasteiger partial charge in [0.2, 0.25) is 0 Å². The molecule has 0 unspecified atom stereocenters. The summed E-state index contributed by atoms with van der Waals surface area (Å²) in [5, 5.41) is 9.57. The van der Waals surface area contributed by atoms with E-state index in [1.54, 1.807) is 0 Å². The molecule has 4 rings (SSSR count). The highest BCUT2D eigenvalue weighted by atomic mass is 19.1. The Morgan fingerprint density at radius 3 is 2.40 bits per heavy atom. The van der Waals surface area contributed by atoms with Gasteiger partial charge in [-0.05, 0) is 49.7 Å². The van der Waals surface area contributed by atoms with Crippen molar-refractivity contribution in [1.29, 1.82) is 0 Å². The minimum Gasteiger partial charge on any atom is -0.271 e. The van der Waals surface area contributed by atoms with Crippen LogP contribution in [0.25, 0.3) is 0 Å². The zero-order valence-electron chi connectivity index (χ0n) is 13.7. The molecule has 6 nitrogen and oxygen atoms in total. The lowest BCUT2D eigenvalue weighted by Crippen LogP contribution is -2.40. The largest absolute Gasteiger partial charge is 0.271 e. The monoisotopic (exact) mass is 338 g/mol. The van der Waals surface area contributed by atoms with E-state index in [1.807, 2.05) is 32.0 Å². The molecular formula is C18H15FN4O2. The smallest absolute Gasteiger partial charge is 0.263 e. The summed E-state index contributed by atoms with van der Waals surface area (Å²) in [6.07, 6.45) is 0.